The Morgan fingerprint density at radius 2 is 1.92 bits per heavy atom. The third-order valence-electron chi connectivity index (χ3n) is 7.25. The first-order valence-corrected chi connectivity index (χ1v) is 14.1. The van der Waals surface area contributed by atoms with Gasteiger partial charge in [0.15, 0.2) is 0 Å². The first kappa shape index (κ1) is 25.5. The molecular formula is C28H31FN4O3S. The van der Waals surface area contributed by atoms with Gasteiger partial charge in [0, 0.05) is 43.5 Å². The molecule has 0 saturated carbocycles. The molecule has 2 N–H and O–H groups in total. The Hall–Kier alpha value is -3.14. The Morgan fingerprint density at radius 1 is 1.08 bits per heavy atom. The van der Waals surface area contributed by atoms with Gasteiger partial charge in [-0.2, -0.15) is 0 Å². The molecule has 3 atom stereocenters. The van der Waals surface area contributed by atoms with Gasteiger partial charge in [0.25, 0.3) is 0 Å². The second kappa shape index (κ2) is 11.1. The van der Waals surface area contributed by atoms with E-state index in [0.717, 1.165) is 23.1 Å². The second-order valence-corrected chi connectivity index (χ2v) is 11.6. The Bertz CT molecular complexity index is 1340. The zero-order valence-corrected chi connectivity index (χ0v) is 21.3. The summed E-state index contributed by atoms with van der Waals surface area (Å²) >= 11 is 0. The van der Waals surface area contributed by atoms with Gasteiger partial charge in [-0.05, 0) is 72.7 Å². The smallest absolute Gasteiger partial charge is 0.240 e. The summed E-state index contributed by atoms with van der Waals surface area (Å²) in [7, 11) is -3.60. The monoisotopic (exact) mass is 522 g/mol. The molecule has 3 aromatic rings. The molecule has 2 aromatic carbocycles. The average molecular weight is 523 g/mol. The number of fused-ring (bicyclic) bond motifs is 1. The number of pyridine rings is 1. The number of benzene rings is 2. The summed E-state index contributed by atoms with van der Waals surface area (Å²) in [6.07, 6.45) is 6.34. The molecule has 1 amide bonds. The molecule has 5 rings (SSSR count). The normalized spacial score (nSPS) is 21.9. The van der Waals surface area contributed by atoms with Crippen LogP contribution < -0.4 is 10.0 Å². The van der Waals surface area contributed by atoms with Gasteiger partial charge in [0.05, 0.1) is 11.4 Å². The summed E-state index contributed by atoms with van der Waals surface area (Å²) in [5.41, 5.74) is 3.13. The molecule has 7 nitrogen and oxygen atoms in total. The van der Waals surface area contributed by atoms with E-state index < -0.39 is 10.0 Å². The Balaban J connectivity index is 1.21. The van der Waals surface area contributed by atoms with Crippen LogP contribution in [0.4, 0.5) is 4.39 Å². The minimum absolute atomic E-state index is 0.0153. The third-order valence-corrected chi connectivity index (χ3v) is 8.79. The largest absolute Gasteiger partial charge is 0.352 e. The maximum Gasteiger partial charge on any atom is 0.240 e. The van der Waals surface area contributed by atoms with E-state index in [1.165, 1.54) is 6.07 Å². The van der Waals surface area contributed by atoms with Gasteiger partial charge >= 0.3 is 0 Å². The van der Waals surface area contributed by atoms with Crippen LogP contribution >= 0.6 is 0 Å². The summed E-state index contributed by atoms with van der Waals surface area (Å²) in [6, 6.07) is 16.8. The van der Waals surface area contributed by atoms with Crippen molar-refractivity contribution in [3.8, 4) is 0 Å². The van der Waals surface area contributed by atoms with Crippen molar-refractivity contribution < 1.29 is 17.6 Å². The fraction of sp³-hybridized carbons (Fsp3) is 0.357. The Morgan fingerprint density at radius 3 is 2.70 bits per heavy atom. The van der Waals surface area contributed by atoms with E-state index in [9.17, 15) is 17.6 Å². The van der Waals surface area contributed by atoms with E-state index in [2.05, 4.69) is 15.0 Å². The second-order valence-electron chi connectivity index (χ2n) is 9.88. The molecule has 2 heterocycles. The van der Waals surface area contributed by atoms with Gasteiger partial charge in [0.1, 0.15) is 5.82 Å². The predicted molar refractivity (Wildman–Crippen MR) is 139 cm³/mol. The maximum absolute atomic E-state index is 13.9. The van der Waals surface area contributed by atoms with Gasteiger partial charge in [0.2, 0.25) is 15.9 Å². The van der Waals surface area contributed by atoms with Crippen molar-refractivity contribution >= 4 is 15.9 Å². The lowest BCUT2D eigenvalue weighted by Gasteiger charge is -2.35. The van der Waals surface area contributed by atoms with Crippen LogP contribution in [0.3, 0.4) is 0 Å². The first-order chi connectivity index (χ1) is 17.9. The van der Waals surface area contributed by atoms with Crippen LogP contribution in [0.25, 0.3) is 0 Å². The molecule has 0 spiro atoms. The molecule has 0 radical (unpaired) electrons. The molecule has 1 aliphatic heterocycles. The number of aromatic nitrogens is 1. The average Bonchev–Trinajstić information content (AvgIpc) is 3.32. The molecule has 1 unspecified atom stereocenters. The van der Waals surface area contributed by atoms with Gasteiger partial charge in [-0.15, -0.1) is 0 Å². The van der Waals surface area contributed by atoms with Crippen LogP contribution in [-0.2, 0) is 27.7 Å². The number of amides is 1. The number of halogens is 1. The molecule has 2 aliphatic rings. The first-order valence-electron chi connectivity index (χ1n) is 12.6. The van der Waals surface area contributed by atoms with Gasteiger partial charge < -0.3 is 5.32 Å². The lowest BCUT2D eigenvalue weighted by atomic mass is 9.76. The topological polar surface area (TPSA) is 91.4 Å². The highest BCUT2D eigenvalue weighted by molar-refractivity contribution is 7.89. The van der Waals surface area contributed by atoms with Crippen molar-refractivity contribution in [2.24, 2.45) is 0 Å². The summed E-state index contributed by atoms with van der Waals surface area (Å²) in [4.78, 5) is 19.5. The van der Waals surface area contributed by atoms with Crippen molar-refractivity contribution in [3.63, 3.8) is 0 Å². The maximum atomic E-state index is 13.9. The molecule has 194 valence electrons. The fourth-order valence-electron chi connectivity index (χ4n) is 5.49. The zero-order valence-electron chi connectivity index (χ0n) is 20.5. The number of hydrogen-bond donors (Lipinski definition) is 2. The minimum atomic E-state index is -3.60. The zero-order chi connectivity index (χ0) is 25.8. The van der Waals surface area contributed by atoms with Crippen LogP contribution in [0, 0.1) is 5.82 Å². The fourth-order valence-corrected chi connectivity index (χ4v) is 6.78. The van der Waals surface area contributed by atoms with E-state index in [4.69, 9.17) is 0 Å². The Labute approximate surface area is 217 Å². The summed E-state index contributed by atoms with van der Waals surface area (Å²) in [5, 5.41) is 3.23. The van der Waals surface area contributed by atoms with E-state index in [1.807, 2.05) is 29.3 Å². The summed E-state index contributed by atoms with van der Waals surface area (Å²) in [6.45, 7) is 1.32. The standard InChI is InChI=1S/C28H31FN4O3S/c29-22-9-10-25-21(16-22)8-11-27(26(25)15-20-5-4-13-30-17-20)31-28(34)19-33-14-12-23(18-33)32-37(35,36)24-6-2-1-3-7-24/h1-7,9-10,13,16-17,23,26-27,32H,8,11-12,14-15,18-19H2,(H,31,34)/t23?,26-,27+/m1/s1. The molecule has 9 heteroatoms. The summed E-state index contributed by atoms with van der Waals surface area (Å²) in [5.74, 6) is -0.312. The number of carbonyl (C=O) groups is 1. The minimum Gasteiger partial charge on any atom is -0.352 e. The number of hydrogen-bond acceptors (Lipinski definition) is 5. The van der Waals surface area contributed by atoms with E-state index in [1.54, 1.807) is 42.6 Å². The number of carbonyl (C=O) groups excluding carboxylic acids is 1. The van der Waals surface area contributed by atoms with Crippen molar-refractivity contribution in [1.29, 1.82) is 0 Å². The van der Waals surface area contributed by atoms with Crippen molar-refractivity contribution in [1.82, 2.24) is 19.9 Å². The van der Waals surface area contributed by atoms with Crippen molar-refractivity contribution in [2.45, 2.75) is 48.6 Å². The lowest BCUT2D eigenvalue weighted by Crippen LogP contribution is -2.46. The van der Waals surface area contributed by atoms with E-state index in [-0.39, 0.29) is 41.2 Å². The van der Waals surface area contributed by atoms with Gasteiger partial charge in [-0.25, -0.2) is 17.5 Å². The van der Waals surface area contributed by atoms with Crippen molar-refractivity contribution in [3.05, 3.63) is 95.6 Å². The highest BCUT2D eigenvalue weighted by Gasteiger charge is 2.33. The Kier molecular flexibility index (Phi) is 7.64. The third kappa shape index (κ3) is 6.23. The highest BCUT2D eigenvalue weighted by Crippen LogP contribution is 2.35. The molecule has 1 aliphatic carbocycles. The lowest BCUT2D eigenvalue weighted by molar-refractivity contribution is -0.123. The van der Waals surface area contributed by atoms with Gasteiger partial charge in [-0.1, -0.05) is 30.3 Å². The highest BCUT2D eigenvalue weighted by atomic mass is 32.2. The number of likely N-dealkylation sites (tertiary alicyclic amines) is 1. The molecule has 1 saturated heterocycles. The number of nitrogens with one attached hydrogen (secondary N) is 2. The quantitative estimate of drug-likeness (QED) is 0.475. The van der Waals surface area contributed by atoms with E-state index >= 15 is 0 Å². The van der Waals surface area contributed by atoms with Crippen LogP contribution in [-0.4, -0.2) is 55.9 Å². The van der Waals surface area contributed by atoms with Crippen LogP contribution in [0.2, 0.25) is 0 Å². The number of aryl methyl sites for hydroxylation is 1. The molecule has 1 fully saturated rings. The summed E-state index contributed by atoms with van der Waals surface area (Å²) < 4.78 is 42.0. The van der Waals surface area contributed by atoms with Gasteiger partial charge in [-0.3, -0.25) is 14.7 Å². The number of sulfonamides is 1. The van der Waals surface area contributed by atoms with Crippen LogP contribution in [0.15, 0.2) is 78.0 Å². The van der Waals surface area contributed by atoms with Crippen LogP contribution in [0.5, 0.6) is 0 Å². The number of nitrogens with zero attached hydrogens (tertiary/aromatic N) is 2. The number of rotatable bonds is 8. The predicted octanol–water partition coefficient (Wildman–Crippen LogP) is 3.03. The molecule has 37 heavy (non-hydrogen) atoms. The van der Waals surface area contributed by atoms with Crippen LogP contribution in [0.1, 0.15) is 35.4 Å². The SMILES string of the molecule is O=C(CN1CCC(NS(=O)(=O)c2ccccc2)C1)N[C@H]1CCc2cc(F)ccc2[C@H]1Cc1cccnc1. The van der Waals surface area contributed by atoms with Crippen molar-refractivity contribution in [2.75, 3.05) is 19.6 Å². The molecule has 0 bridgehead atoms. The molecular weight excluding hydrogens is 491 g/mol. The molecule has 1 aromatic heterocycles. The van der Waals surface area contributed by atoms with E-state index in [0.29, 0.717) is 32.4 Å².